The lowest BCUT2D eigenvalue weighted by Gasteiger charge is -2.43. The third kappa shape index (κ3) is 5.23. The topological polar surface area (TPSA) is 223 Å². The van der Waals surface area contributed by atoms with Gasteiger partial charge in [-0.25, -0.2) is 9.59 Å². The zero-order chi connectivity index (χ0) is 33.0. The van der Waals surface area contributed by atoms with Crippen LogP contribution in [-0.4, -0.2) is 73.1 Å². The van der Waals surface area contributed by atoms with Crippen LogP contribution in [0.15, 0.2) is 30.6 Å². The molecule has 0 amide bonds. The van der Waals surface area contributed by atoms with Crippen molar-refractivity contribution in [3.63, 3.8) is 0 Å². The second-order valence-corrected chi connectivity index (χ2v) is 10.3. The van der Waals surface area contributed by atoms with Crippen molar-refractivity contribution < 1.29 is 71.0 Å². The fourth-order valence-corrected chi connectivity index (χ4v) is 5.46. The van der Waals surface area contributed by atoms with E-state index in [0.717, 1.165) is 33.8 Å². The molecule has 0 bridgehead atoms. The number of carbonyl (C=O) groups excluding carboxylic acids is 4. The molecule has 1 saturated heterocycles. The molecular formula is C29H24O17. The molecule has 4 heterocycles. The minimum atomic E-state index is -1.80. The van der Waals surface area contributed by atoms with E-state index in [1.807, 2.05) is 0 Å². The Hall–Kier alpha value is -5.58. The molecule has 2 aliphatic rings. The van der Waals surface area contributed by atoms with Crippen LogP contribution >= 0.6 is 0 Å². The van der Waals surface area contributed by atoms with Crippen molar-refractivity contribution in [2.45, 2.75) is 58.4 Å². The Kier molecular flexibility index (Phi) is 7.55. The Morgan fingerprint density at radius 1 is 0.783 bits per heavy atom. The quantitative estimate of drug-likeness (QED) is 0.130. The summed E-state index contributed by atoms with van der Waals surface area (Å²) in [4.78, 5) is 74.4. The van der Waals surface area contributed by atoms with E-state index in [2.05, 4.69) is 0 Å². The Morgan fingerprint density at radius 3 is 2.02 bits per heavy atom. The Labute approximate surface area is 255 Å². The van der Waals surface area contributed by atoms with E-state index >= 15 is 0 Å². The van der Waals surface area contributed by atoms with Crippen molar-refractivity contribution in [3.05, 3.63) is 33.0 Å². The van der Waals surface area contributed by atoms with Crippen molar-refractivity contribution in [1.82, 2.24) is 0 Å². The SMILES string of the molecule is CC(=O)OC[C@H]1O[C@H](Oc2c(O)cc3c(=O)oc4c5c(cc6c(=O)oc2c3c46)OCO5)[C@H](OC(C)=O)[C@@H](OC(C)=O)[C@@H]1OC(C)=O. The molecule has 17 nitrogen and oxygen atoms in total. The summed E-state index contributed by atoms with van der Waals surface area (Å²) in [7, 11) is 0. The predicted molar refractivity (Wildman–Crippen MR) is 148 cm³/mol. The maximum absolute atomic E-state index is 13.3. The molecular weight excluding hydrogens is 620 g/mol. The van der Waals surface area contributed by atoms with Gasteiger partial charge in [-0.3, -0.25) is 19.2 Å². The molecule has 5 atom stereocenters. The molecule has 46 heavy (non-hydrogen) atoms. The number of ether oxygens (including phenoxy) is 8. The first-order chi connectivity index (χ1) is 21.8. The van der Waals surface area contributed by atoms with Gasteiger partial charge in [0.1, 0.15) is 12.7 Å². The molecule has 0 spiro atoms. The van der Waals surface area contributed by atoms with Gasteiger partial charge in [0, 0.05) is 38.5 Å². The second-order valence-electron chi connectivity index (χ2n) is 10.3. The average molecular weight is 644 g/mol. The highest BCUT2D eigenvalue weighted by atomic mass is 16.7. The summed E-state index contributed by atoms with van der Waals surface area (Å²) in [6.07, 6.45) is -7.93. The maximum Gasteiger partial charge on any atom is 0.344 e. The van der Waals surface area contributed by atoms with Crippen LogP contribution in [0.1, 0.15) is 27.7 Å². The number of fused-ring (bicyclic) bond motifs is 2. The van der Waals surface area contributed by atoms with Crippen molar-refractivity contribution in [2.75, 3.05) is 13.4 Å². The Balaban J connectivity index is 1.54. The van der Waals surface area contributed by atoms with Crippen LogP contribution in [0.5, 0.6) is 23.0 Å². The van der Waals surface area contributed by atoms with Crippen LogP contribution in [0.25, 0.3) is 32.7 Å². The molecule has 6 rings (SSSR count). The normalized spacial score (nSPS) is 22.1. The minimum absolute atomic E-state index is 0.00224. The van der Waals surface area contributed by atoms with E-state index in [1.54, 1.807) is 0 Å². The van der Waals surface area contributed by atoms with Crippen LogP contribution in [-0.2, 0) is 42.9 Å². The maximum atomic E-state index is 13.3. The molecule has 0 aliphatic carbocycles. The standard InChI is InChI=1S/C29H24O17/c1-9(30)37-7-17-22(40-10(2)31)25(41-11(3)32)26(42-12(4)33)29(43-17)46-20-15(34)5-13-18-19-14(28(36)44-23(18)20)6-16-21(39-8-38-16)24(19)45-27(13)35/h5-6,17,22,25-26,29,34H,7-8H2,1-4H3/t17-,22-,25+,26-,29-/m1/s1. The fourth-order valence-electron chi connectivity index (χ4n) is 5.46. The number of carbonyl (C=O) groups is 4. The summed E-state index contributed by atoms with van der Waals surface area (Å²) >= 11 is 0. The van der Waals surface area contributed by atoms with E-state index in [0.29, 0.717) is 0 Å². The van der Waals surface area contributed by atoms with Crippen molar-refractivity contribution in [3.8, 4) is 23.0 Å². The number of rotatable bonds is 7. The lowest BCUT2D eigenvalue weighted by molar-refractivity contribution is -0.288. The van der Waals surface area contributed by atoms with Crippen molar-refractivity contribution >= 4 is 56.6 Å². The average Bonchev–Trinajstić information content (AvgIpc) is 3.44. The molecule has 2 aromatic heterocycles. The summed E-state index contributed by atoms with van der Waals surface area (Å²) in [5, 5.41) is 10.9. The molecule has 0 radical (unpaired) electrons. The van der Waals surface area contributed by atoms with Gasteiger partial charge in [-0.05, 0) is 12.1 Å². The van der Waals surface area contributed by atoms with E-state index in [-0.39, 0.29) is 45.4 Å². The van der Waals surface area contributed by atoms with Crippen molar-refractivity contribution in [2.24, 2.45) is 0 Å². The first-order valence-electron chi connectivity index (χ1n) is 13.6. The van der Waals surface area contributed by atoms with E-state index in [1.165, 1.54) is 6.07 Å². The Bertz CT molecular complexity index is 2020. The van der Waals surface area contributed by atoms with E-state index < -0.39 is 89.5 Å². The number of benzene rings is 2. The van der Waals surface area contributed by atoms with Crippen LogP contribution < -0.4 is 25.5 Å². The second kappa shape index (κ2) is 11.4. The van der Waals surface area contributed by atoms with Crippen LogP contribution in [0.3, 0.4) is 0 Å². The minimum Gasteiger partial charge on any atom is -0.504 e. The summed E-state index contributed by atoms with van der Waals surface area (Å²) < 4.78 is 55.0. The third-order valence-electron chi connectivity index (χ3n) is 7.10. The molecule has 242 valence electrons. The van der Waals surface area contributed by atoms with Gasteiger partial charge in [-0.1, -0.05) is 0 Å². The first-order valence-corrected chi connectivity index (χ1v) is 13.6. The van der Waals surface area contributed by atoms with Gasteiger partial charge in [0.2, 0.25) is 30.7 Å². The first kappa shape index (κ1) is 30.4. The molecule has 4 aromatic rings. The van der Waals surface area contributed by atoms with Gasteiger partial charge in [0.05, 0.1) is 10.8 Å². The summed E-state index contributed by atoms with van der Waals surface area (Å²) in [6, 6.07) is 2.35. The zero-order valence-corrected chi connectivity index (χ0v) is 24.4. The van der Waals surface area contributed by atoms with E-state index in [9.17, 15) is 33.9 Å². The molecule has 17 heteroatoms. The molecule has 2 aliphatic heterocycles. The summed E-state index contributed by atoms with van der Waals surface area (Å²) in [6.45, 7) is 3.49. The molecule has 1 fully saturated rings. The largest absolute Gasteiger partial charge is 0.504 e. The highest BCUT2D eigenvalue weighted by Gasteiger charge is 2.53. The molecule has 2 aromatic carbocycles. The monoisotopic (exact) mass is 644 g/mol. The smallest absolute Gasteiger partial charge is 0.344 e. The van der Waals surface area contributed by atoms with Crippen molar-refractivity contribution in [1.29, 1.82) is 0 Å². The van der Waals surface area contributed by atoms with E-state index in [4.69, 9.17) is 46.7 Å². The van der Waals surface area contributed by atoms with Crippen LogP contribution in [0.4, 0.5) is 0 Å². The van der Waals surface area contributed by atoms with Gasteiger partial charge >= 0.3 is 35.1 Å². The van der Waals surface area contributed by atoms with Gasteiger partial charge in [-0.2, -0.15) is 0 Å². The summed E-state index contributed by atoms with van der Waals surface area (Å²) in [5.41, 5.74) is -2.42. The van der Waals surface area contributed by atoms with Gasteiger partial charge in [0.25, 0.3) is 0 Å². The number of hydrogen-bond acceptors (Lipinski definition) is 17. The van der Waals surface area contributed by atoms with Gasteiger partial charge < -0.3 is 51.8 Å². The van der Waals surface area contributed by atoms with Gasteiger partial charge in [0.15, 0.2) is 34.9 Å². The highest BCUT2D eigenvalue weighted by Crippen LogP contribution is 2.47. The summed E-state index contributed by atoms with van der Waals surface area (Å²) in [5.74, 6) is -4.46. The van der Waals surface area contributed by atoms with Gasteiger partial charge in [-0.15, -0.1) is 0 Å². The number of phenols is 1. The lowest BCUT2D eigenvalue weighted by atomic mass is 9.98. The predicted octanol–water partition coefficient (Wildman–Crippen LogP) is 1.39. The zero-order valence-electron chi connectivity index (χ0n) is 24.4. The molecule has 0 saturated carbocycles. The number of hydrogen-bond donors (Lipinski definition) is 1. The number of esters is 4. The van der Waals surface area contributed by atoms with Crippen LogP contribution in [0, 0.1) is 0 Å². The molecule has 1 N–H and O–H groups in total. The third-order valence-corrected chi connectivity index (χ3v) is 7.10. The Morgan fingerprint density at radius 2 is 1.37 bits per heavy atom. The highest BCUT2D eigenvalue weighted by molar-refractivity contribution is 6.22. The number of aromatic hydroxyl groups is 1. The molecule has 0 unspecified atom stereocenters. The van der Waals surface area contributed by atoms with Crippen LogP contribution in [0.2, 0.25) is 0 Å². The number of phenolic OH excluding ortho intramolecular Hbond substituents is 1. The fraction of sp³-hybridized carbons (Fsp3) is 0.379. The lowest BCUT2D eigenvalue weighted by Crippen LogP contribution is -2.63.